The summed E-state index contributed by atoms with van der Waals surface area (Å²) in [6.45, 7) is 1.94. The second-order valence-electron chi connectivity index (χ2n) is 5.12. The number of aromatic amines is 1. The molecule has 0 saturated carbocycles. The number of aromatic nitrogens is 2. The van der Waals surface area contributed by atoms with Crippen molar-refractivity contribution < 1.29 is 27.4 Å². The Morgan fingerprint density at radius 1 is 1.20 bits per heavy atom. The normalized spacial score (nSPS) is 11.5. The number of fused-ring (bicyclic) bond motifs is 1. The molecule has 25 heavy (non-hydrogen) atoms. The quantitative estimate of drug-likeness (QED) is 0.713. The molecule has 0 aliphatic rings. The van der Waals surface area contributed by atoms with Crippen LogP contribution in [0, 0.1) is 0 Å². The second kappa shape index (κ2) is 6.46. The van der Waals surface area contributed by atoms with E-state index in [2.05, 4.69) is 14.7 Å². The number of benzene rings is 2. The van der Waals surface area contributed by atoms with E-state index in [0.717, 1.165) is 0 Å². The maximum absolute atomic E-state index is 12.3. The molecule has 1 aromatic heterocycles. The number of imidazole rings is 1. The van der Waals surface area contributed by atoms with Gasteiger partial charge in [-0.1, -0.05) is 12.1 Å². The van der Waals surface area contributed by atoms with Crippen molar-refractivity contribution in [1.82, 2.24) is 9.97 Å². The average Bonchev–Trinajstić information content (AvgIpc) is 3.02. The van der Waals surface area contributed by atoms with Crippen molar-refractivity contribution in [2.45, 2.75) is 13.3 Å². The van der Waals surface area contributed by atoms with Gasteiger partial charge in [-0.25, -0.2) is 9.78 Å². The minimum atomic E-state index is -4.75. The van der Waals surface area contributed by atoms with Crippen LogP contribution >= 0.6 is 0 Å². The number of halogens is 3. The minimum absolute atomic E-state index is 0.235. The van der Waals surface area contributed by atoms with Crippen LogP contribution in [0.3, 0.4) is 0 Å². The summed E-state index contributed by atoms with van der Waals surface area (Å²) in [5.41, 5.74) is 2.73. The Morgan fingerprint density at radius 2 is 1.92 bits per heavy atom. The molecule has 1 heterocycles. The van der Waals surface area contributed by atoms with E-state index in [1.807, 2.05) is 0 Å². The third-order valence-electron chi connectivity index (χ3n) is 3.43. The molecule has 0 atom stereocenters. The lowest BCUT2D eigenvalue weighted by Gasteiger charge is -2.10. The standard InChI is InChI=1S/C17H13F3N2O3/c1-2-24-16(23)11-7-13(15-14(8-11)21-9-22-15)10-3-5-12(6-4-10)25-17(18,19)20/h3-9H,2H2,1H3,(H,21,22). The number of hydrogen-bond acceptors (Lipinski definition) is 4. The molecule has 0 amide bonds. The predicted octanol–water partition coefficient (Wildman–Crippen LogP) is 4.31. The number of carbonyl (C=O) groups excluding carboxylic acids is 1. The van der Waals surface area contributed by atoms with Crippen LogP contribution in [-0.4, -0.2) is 28.9 Å². The van der Waals surface area contributed by atoms with Crippen LogP contribution in [-0.2, 0) is 4.74 Å². The van der Waals surface area contributed by atoms with Gasteiger partial charge in [-0.2, -0.15) is 0 Å². The number of rotatable bonds is 4. The highest BCUT2D eigenvalue weighted by Gasteiger charge is 2.31. The fourth-order valence-corrected chi connectivity index (χ4v) is 2.44. The average molecular weight is 350 g/mol. The molecular weight excluding hydrogens is 337 g/mol. The van der Waals surface area contributed by atoms with Crippen molar-refractivity contribution in [2.24, 2.45) is 0 Å². The van der Waals surface area contributed by atoms with Gasteiger partial charge in [0.15, 0.2) is 0 Å². The molecular formula is C17H13F3N2O3. The van der Waals surface area contributed by atoms with Gasteiger partial charge in [0.1, 0.15) is 5.75 Å². The van der Waals surface area contributed by atoms with E-state index >= 15 is 0 Å². The summed E-state index contributed by atoms with van der Waals surface area (Å²) < 4.78 is 45.6. The lowest BCUT2D eigenvalue weighted by atomic mass is 10.0. The number of esters is 1. The third-order valence-corrected chi connectivity index (χ3v) is 3.43. The highest BCUT2D eigenvalue weighted by atomic mass is 19.4. The molecule has 3 rings (SSSR count). The van der Waals surface area contributed by atoms with Gasteiger partial charge < -0.3 is 14.5 Å². The molecule has 8 heteroatoms. The van der Waals surface area contributed by atoms with E-state index in [4.69, 9.17) is 4.74 Å². The molecule has 0 radical (unpaired) electrons. The summed E-state index contributed by atoms with van der Waals surface area (Å²) in [6, 6.07) is 8.57. The van der Waals surface area contributed by atoms with Crippen LogP contribution < -0.4 is 4.74 Å². The van der Waals surface area contributed by atoms with E-state index in [0.29, 0.717) is 27.7 Å². The van der Waals surface area contributed by atoms with Crippen LogP contribution in [0.5, 0.6) is 5.75 Å². The summed E-state index contributed by atoms with van der Waals surface area (Å²) in [7, 11) is 0. The maximum atomic E-state index is 12.3. The Bertz CT molecular complexity index is 902. The Labute approximate surface area is 140 Å². The van der Waals surface area contributed by atoms with Crippen LogP contribution in [0.2, 0.25) is 0 Å². The molecule has 0 unspecified atom stereocenters. The van der Waals surface area contributed by atoms with Crippen molar-refractivity contribution in [1.29, 1.82) is 0 Å². The molecule has 0 bridgehead atoms. The number of carbonyl (C=O) groups is 1. The zero-order chi connectivity index (χ0) is 18.0. The molecule has 2 aromatic carbocycles. The number of ether oxygens (including phenoxy) is 2. The molecule has 5 nitrogen and oxygen atoms in total. The zero-order valence-corrected chi connectivity index (χ0v) is 13.1. The van der Waals surface area contributed by atoms with Gasteiger partial charge in [0.25, 0.3) is 0 Å². The monoisotopic (exact) mass is 350 g/mol. The van der Waals surface area contributed by atoms with Gasteiger partial charge in [-0.3, -0.25) is 0 Å². The number of alkyl halides is 3. The van der Waals surface area contributed by atoms with Gasteiger partial charge in [0, 0.05) is 5.56 Å². The molecule has 0 spiro atoms. The summed E-state index contributed by atoms with van der Waals surface area (Å²) in [5.74, 6) is -0.812. The summed E-state index contributed by atoms with van der Waals surface area (Å²) in [4.78, 5) is 19.1. The summed E-state index contributed by atoms with van der Waals surface area (Å²) in [5, 5.41) is 0. The lowest BCUT2D eigenvalue weighted by molar-refractivity contribution is -0.274. The van der Waals surface area contributed by atoms with Gasteiger partial charge >= 0.3 is 12.3 Å². The Hall–Kier alpha value is -3.03. The SMILES string of the molecule is CCOC(=O)c1cc(-c2ccc(OC(F)(F)F)cc2)c2nc[nH]c2c1. The van der Waals surface area contributed by atoms with Crippen molar-refractivity contribution in [3.63, 3.8) is 0 Å². The fourth-order valence-electron chi connectivity index (χ4n) is 2.44. The lowest BCUT2D eigenvalue weighted by Crippen LogP contribution is -2.16. The highest BCUT2D eigenvalue weighted by molar-refractivity contribution is 6.00. The Balaban J connectivity index is 2.02. The Morgan fingerprint density at radius 3 is 2.56 bits per heavy atom. The fraction of sp³-hybridized carbons (Fsp3) is 0.176. The van der Waals surface area contributed by atoms with Gasteiger partial charge in [-0.15, -0.1) is 13.2 Å². The van der Waals surface area contributed by atoms with Gasteiger partial charge in [0.2, 0.25) is 0 Å². The highest BCUT2D eigenvalue weighted by Crippen LogP contribution is 2.31. The number of hydrogen-bond donors (Lipinski definition) is 1. The molecule has 1 N–H and O–H groups in total. The van der Waals surface area contributed by atoms with Crippen LogP contribution in [0.15, 0.2) is 42.7 Å². The van der Waals surface area contributed by atoms with E-state index in [-0.39, 0.29) is 12.4 Å². The van der Waals surface area contributed by atoms with Crippen LogP contribution in [0.4, 0.5) is 13.2 Å². The van der Waals surface area contributed by atoms with E-state index in [1.165, 1.54) is 30.6 Å². The van der Waals surface area contributed by atoms with E-state index in [1.54, 1.807) is 19.1 Å². The van der Waals surface area contributed by atoms with Gasteiger partial charge in [0.05, 0.1) is 29.5 Å². The van der Waals surface area contributed by atoms with Crippen molar-refractivity contribution in [3.05, 3.63) is 48.3 Å². The maximum Gasteiger partial charge on any atom is 0.573 e. The van der Waals surface area contributed by atoms with Crippen LogP contribution in [0.25, 0.3) is 22.2 Å². The number of H-pyrrole nitrogens is 1. The van der Waals surface area contributed by atoms with Crippen molar-refractivity contribution in [2.75, 3.05) is 6.61 Å². The van der Waals surface area contributed by atoms with E-state index < -0.39 is 12.3 Å². The topological polar surface area (TPSA) is 64.2 Å². The largest absolute Gasteiger partial charge is 0.573 e. The second-order valence-corrected chi connectivity index (χ2v) is 5.12. The zero-order valence-electron chi connectivity index (χ0n) is 13.1. The number of nitrogens with zero attached hydrogens (tertiary/aromatic N) is 1. The first kappa shape index (κ1) is 16.8. The minimum Gasteiger partial charge on any atom is -0.462 e. The van der Waals surface area contributed by atoms with Crippen LogP contribution in [0.1, 0.15) is 17.3 Å². The molecule has 3 aromatic rings. The number of nitrogens with one attached hydrogen (secondary N) is 1. The van der Waals surface area contributed by atoms with Gasteiger partial charge in [-0.05, 0) is 36.8 Å². The summed E-state index contributed by atoms with van der Waals surface area (Å²) in [6.07, 6.45) is -3.27. The molecule has 0 aliphatic carbocycles. The van der Waals surface area contributed by atoms with E-state index in [9.17, 15) is 18.0 Å². The molecule has 0 saturated heterocycles. The first-order chi connectivity index (χ1) is 11.9. The first-order valence-electron chi connectivity index (χ1n) is 7.38. The molecule has 0 aliphatic heterocycles. The first-order valence-corrected chi connectivity index (χ1v) is 7.38. The predicted molar refractivity (Wildman–Crippen MR) is 84.2 cm³/mol. The Kier molecular flexibility index (Phi) is 4.35. The summed E-state index contributed by atoms with van der Waals surface area (Å²) >= 11 is 0. The molecule has 130 valence electrons. The third kappa shape index (κ3) is 3.73. The van der Waals surface area contributed by atoms with Crippen molar-refractivity contribution in [3.8, 4) is 16.9 Å². The molecule has 0 fully saturated rings. The van der Waals surface area contributed by atoms with Crippen molar-refractivity contribution >= 4 is 17.0 Å². The smallest absolute Gasteiger partial charge is 0.462 e.